The molecule has 1 amide bonds. The summed E-state index contributed by atoms with van der Waals surface area (Å²) < 4.78 is 11.1. The van der Waals surface area contributed by atoms with Gasteiger partial charge in [0.25, 0.3) is 5.91 Å². The lowest BCUT2D eigenvalue weighted by Crippen LogP contribution is -2.33. The van der Waals surface area contributed by atoms with Crippen LogP contribution in [0.15, 0.2) is 78.9 Å². The lowest BCUT2D eigenvalue weighted by molar-refractivity contribution is 0.0932. The molecular formula is C29H34N2O3. The molecule has 0 unspecified atom stereocenters. The highest BCUT2D eigenvalue weighted by Gasteiger charge is 2.20. The van der Waals surface area contributed by atoms with E-state index in [4.69, 9.17) is 9.47 Å². The van der Waals surface area contributed by atoms with Gasteiger partial charge < -0.3 is 14.8 Å². The lowest BCUT2D eigenvalue weighted by atomic mass is 9.89. The molecule has 0 radical (unpaired) electrons. The summed E-state index contributed by atoms with van der Waals surface area (Å²) in [4.78, 5) is 14.9. The minimum absolute atomic E-state index is 0.121. The van der Waals surface area contributed by atoms with Crippen LogP contribution in [0.1, 0.15) is 47.2 Å². The first-order chi connectivity index (χ1) is 16.6. The zero-order chi connectivity index (χ0) is 23.8. The standard InChI is InChI=1S/C29H34N2O3/c1-22(20-30-29(32)26-10-14-27(33-2)15-11-26)34-28-12-8-23(9-13-28)21-31-18-16-25(17-19-31)24-6-4-3-5-7-24/h3-15,22,25H,16-21H2,1-2H3,(H,30,32)/t22-/m0/s1. The van der Waals surface area contributed by atoms with Crippen LogP contribution in [0.4, 0.5) is 0 Å². The SMILES string of the molecule is COc1ccc(C(=O)NC[C@H](C)Oc2ccc(CN3CCC(c4ccccc4)CC3)cc2)cc1. The predicted octanol–water partition coefficient (Wildman–Crippen LogP) is 5.27. The summed E-state index contributed by atoms with van der Waals surface area (Å²) in [6.07, 6.45) is 2.29. The monoisotopic (exact) mass is 458 g/mol. The third-order valence-corrected chi connectivity index (χ3v) is 6.43. The number of benzene rings is 3. The Balaban J connectivity index is 1.19. The molecular weight excluding hydrogens is 424 g/mol. The Bertz CT molecular complexity index is 1030. The minimum Gasteiger partial charge on any atom is -0.497 e. The Labute approximate surface area is 202 Å². The molecule has 5 heteroatoms. The van der Waals surface area contributed by atoms with Gasteiger partial charge in [-0.2, -0.15) is 0 Å². The van der Waals surface area contributed by atoms with Crippen LogP contribution in [0.3, 0.4) is 0 Å². The van der Waals surface area contributed by atoms with Gasteiger partial charge in [-0.1, -0.05) is 42.5 Å². The van der Waals surface area contributed by atoms with Crippen molar-refractivity contribution in [2.45, 2.75) is 38.3 Å². The van der Waals surface area contributed by atoms with Crippen LogP contribution in [0.2, 0.25) is 0 Å². The van der Waals surface area contributed by atoms with Gasteiger partial charge in [0.1, 0.15) is 17.6 Å². The van der Waals surface area contributed by atoms with Gasteiger partial charge in [0.05, 0.1) is 13.7 Å². The molecule has 1 aliphatic rings. The molecule has 3 aromatic carbocycles. The number of nitrogens with zero attached hydrogens (tertiary/aromatic N) is 1. The molecule has 1 atom stereocenters. The molecule has 0 aromatic heterocycles. The first kappa shape index (κ1) is 23.8. The maximum atomic E-state index is 12.3. The van der Waals surface area contributed by atoms with Crippen molar-refractivity contribution < 1.29 is 14.3 Å². The van der Waals surface area contributed by atoms with Crippen molar-refractivity contribution in [3.8, 4) is 11.5 Å². The number of carbonyl (C=O) groups is 1. The molecule has 0 saturated carbocycles. The molecule has 34 heavy (non-hydrogen) atoms. The van der Waals surface area contributed by atoms with E-state index in [9.17, 15) is 4.79 Å². The zero-order valence-corrected chi connectivity index (χ0v) is 20.1. The molecule has 1 N–H and O–H groups in total. The summed E-state index contributed by atoms with van der Waals surface area (Å²) >= 11 is 0. The van der Waals surface area contributed by atoms with Gasteiger partial charge in [0, 0.05) is 12.1 Å². The van der Waals surface area contributed by atoms with Crippen LogP contribution >= 0.6 is 0 Å². The maximum absolute atomic E-state index is 12.3. The number of ether oxygens (including phenoxy) is 2. The lowest BCUT2D eigenvalue weighted by Gasteiger charge is -2.32. The largest absolute Gasteiger partial charge is 0.497 e. The number of nitrogens with one attached hydrogen (secondary N) is 1. The van der Waals surface area contributed by atoms with Crippen molar-refractivity contribution in [3.05, 3.63) is 95.6 Å². The summed E-state index contributed by atoms with van der Waals surface area (Å²) in [6, 6.07) is 26.3. The number of hydrogen-bond donors (Lipinski definition) is 1. The highest BCUT2D eigenvalue weighted by atomic mass is 16.5. The molecule has 1 aliphatic heterocycles. The van der Waals surface area contributed by atoms with Crippen LogP contribution < -0.4 is 14.8 Å². The second-order valence-corrected chi connectivity index (χ2v) is 8.97. The third-order valence-electron chi connectivity index (χ3n) is 6.43. The van der Waals surface area contributed by atoms with Gasteiger partial charge >= 0.3 is 0 Å². The number of methoxy groups -OCH3 is 1. The Morgan fingerprint density at radius 3 is 2.24 bits per heavy atom. The van der Waals surface area contributed by atoms with Crippen molar-refractivity contribution in [3.63, 3.8) is 0 Å². The quantitative estimate of drug-likeness (QED) is 0.474. The van der Waals surface area contributed by atoms with Crippen molar-refractivity contribution in [2.24, 2.45) is 0 Å². The molecule has 4 rings (SSSR count). The second-order valence-electron chi connectivity index (χ2n) is 8.97. The van der Waals surface area contributed by atoms with Crippen molar-refractivity contribution >= 4 is 5.91 Å². The molecule has 0 aliphatic carbocycles. The summed E-state index contributed by atoms with van der Waals surface area (Å²) in [5.74, 6) is 2.11. The number of hydrogen-bond acceptors (Lipinski definition) is 4. The van der Waals surface area contributed by atoms with Crippen molar-refractivity contribution in [1.29, 1.82) is 0 Å². The molecule has 5 nitrogen and oxygen atoms in total. The Kier molecular flexibility index (Phi) is 8.21. The fraction of sp³-hybridized carbons (Fsp3) is 0.345. The van der Waals surface area contributed by atoms with Gasteiger partial charge in [-0.15, -0.1) is 0 Å². The van der Waals surface area contributed by atoms with Crippen LogP contribution in [-0.4, -0.2) is 43.7 Å². The molecule has 0 spiro atoms. The number of amides is 1. The van der Waals surface area contributed by atoms with Crippen LogP contribution in [0.5, 0.6) is 11.5 Å². The van der Waals surface area contributed by atoms with Crippen LogP contribution in [0, 0.1) is 0 Å². The highest BCUT2D eigenvalue weighted by Crippen LogP contribution is 2.28. The van der Waals surface area contributed by atoms with Gasteiger partial charge in [-0.05, 0) is 86.3 Å². The summed E-state index contributed by atoms with van der Waals surface area (Å²) in [5, 5.41) is 2.93. The van der Waals surface area contributed by atoms with E-state index in [2.05, 4.69) is 52.7 Å². The maximum Gasteiger partial charge on any atom is 0.251 e. The first-order valence-corrected chi connectivity index (χ1v) is 12.1. The van der Waals surface area contributed by atoms with Crippen LogP contribution in [0.25, 0.3) is 0 Å². The second kappa shape index (κ2) is 11.7. The Morgan fingerprint density at radius 2 is 1.59 bits per heavy atom. The fourth-order valence-corrected chi connectivity index (χ4v) is 4.44. The van der Waals surface area contributed by atoms with Gasteiger partial charge in [-0.3, -0.25) is 9.69 Å². The van der Waals surface area contributed by atoms with E-state index in [0.29, 0.717) is 18.0 Å². The van der Waals surface area contributed by atoms with E-state index in [0.717, 1.165) is 31.1 Å². The smallest absolute Gasteiger partial charge is 0.251 e. The van der Waals surface area contributed by atoms with Crippen LogP contribution in [-0.2, 0) is 6.54 Å². The van der Waals surface area contributed by atoms with E-state index in [1.165, 1.54) is 24.0 Å². The van der Waals surface area contributed by atoms with E-state index in [1.54, 1.807) is 31.4 Å². The highest BCUT2D eigenvalue weighted by molar-refractivity contribution is 5.94. The minimum atomic E-state index is -0.134. The number of rotatable bonds is 9. The zero-order valence-electron chi connectivity index (χ0n) is 20.1. The molecule has 1 heterocycles. The third kappa shape index (κ3) is 6.61. The van der Waals surface area contributed by atoms with Crippen molar-refractivity contribution in [2.75, 3.05) is 26.7 Å². The molecule has 0 bridgehead atoms. The summed E-state index contributed by atoms with van der Waals surface area (Å²) in [6.45, 7) is 5.61. The first-order valence-electron chi connectivity index (χ1n) is 12.1. The average Bonchev–Trinajstić information content (AvgIpc) is 2.89. The molecule has 1 saturated heterocycles. The van der Waals surface area contributed by atoms with Gasteiger partial charge in [0.15, 0.2) is 0 Å². The normalized spacial score (nSPS) is 15.5. The van der Waals surface area contributed by atoms with Gasteiger partial charge in [0.2, 0.25) is 0 Å². The van der Waals surface area contributed by atoms with E-state index in [1.807, 2.05) is 19.1 Å². The topological polar surface area (TPSA) is 50.8 Å². The number of piperidine rings is 1. The molecule has 1 fully saturated rings. The Morgan fingerprint density at radius 1 is 0.941 bits per heavy atom. The fourth-order valence-electron chi connectivity index (χ4n) is 4.44. The summed E-state index contributed by atoms with van der Waals surface area (Å²) in [7, 11) is 1.61. The predicted molar refractivity (Wildman–Crippen MR) is 136 cm³/mol. The average molecular weight is 459 g/mol. The van der Waals surface area contributed by atoms with E-state index in [-0.39, 0.29) is 12.0 Å². The number of carbonyl (C=O) groups excluding carboxylic acids is 1. The van der Waals surface area contributed by atoms with E-state index >= 15 is 0 Å². The van der Waals surface area contributed by atoms with E-state index < -0.39 is 0 Å². The Hall–Kier alpha value is -3.31. The van der Waals surface area contributed by atoms with Crippen molar-refractivity contribution in [1.82, 2.24) is 10.2 Å². The van der Waals surface area contributed by atoms with Gasteiger partial charge in [-0.25, -0.2) is 0 Å². The number of likely N-dealkylation sites (tertiary alicyclic amines) is 1. The molecule has 178 valence electrons. The molecule has 3 aromatic rings. The summed E-state index contributed by atoms with van der Waals surface area (Å²) in [5.41, 5.74) is 3.37.